The lowest BCUT2D eigenvalue weighted by molar-refractivity contribution is -0.118. The van der Waals surface area contributed by atoms with Gasteiger partial charge in [0.25, 0.3) is 5.56 Å². The maximum absolute atomic E-state index is 13.7. The van der Waals surface area contributed by atoms with Crippen LogP contribution in [0, 0.1) is 0 Å². The molecule has 3 N–H and O–H groups in total. The highest BCUT2D eigenvalue weighted by molar-refractivity contribution is 5.99. The van der Waals surface area contributed by atoms with E-state index in [9.17, 15) is 14.4 Å². The zero-order valence-corrected chi connectivity index (χ0v) is 19.2. The lowest BCUT2D eigenvalue weighted by Crippen LogP contribution is -2.41. The molecule has 0 unspecified atom stereocenters. The van der Waals surface area contributed by atoms with E-state index >= 15 is 0 Å². The molecule has 0 aliphatic heterocycles. The molecule has 7 nitrogen and oxygen atoms in total. The number of hydrogen-bond acceptors (Lipinski definition) is 4. The van der Waals surface area contributed by atoms with Crippen LogP contribution >= 0.6 is 0 Å². The highest BCUT2D eigenvalue weighted by Gasteiger charge is 2.25. The third-order valence-electron chi connectivity index (χ3n) is 5.93. The Hall–Kier alpha value is -4.13. The summed E-state index contributed by atoms with van der Waals surface area (Å²) in [4.78, 5) is 42.8. The Morgan fingerprint density at radius 1 is 0.971 bits per heavy atom. The Balaban J connectivity index is 1.79. The van der Waals surface area contributed by atoms with Crippen LogP contribution in [0.4, 0.5) is 11.5 Å². The third-order valence-corrected chi connectivity index (χ3v) is 5.93. The number of anilines is 2. The first-order valence-electron chi connectivity index (χ1n) is 11.4. The maximum Gasteiger partial charge on any atom is 0.330 e. The Labute approximate surface area is 197 Å². The molecule has 0 saturated carbocycles. The first kappa shape index (κ1) is 23.0. The number of nitrogens with zero attached hydrogens (tertiary/aromatic N) is 2. The zero-order valence-electron chi connectivity index (χ0n) is 19.2. The molecule has 4 rings (SSSR count). The van der Waals surface area contributed by atoms with Crippen LogP contribution < -0.4 is 21.9 Å². The van der Waals surface area contributed by atoms with E-state index in [1.807, 2.05) is 79.7 Å². The van der Waals surface area contributed by atoms with E-state index in [0.717, 1.165) is 34.7 Å². The smallest absolute Gasteiger partial charge is 0.330 e. The van der Waals surface area contributed by atoms with Gasteiger partial charge >= 0.3 is 5.69 Å². The molecule has 1 amide bonds. The van der Waals surface area contributed by atoms with E-state index in [4.69, 9.17) is 5.73 Å². The molecule has 0 fully saturated rings. The summed E-state index contributed by atoms with van der Waals surface area (Å²) in [6, 6.07) is 23.1. The van der Waals surface area contributed by atoms with E-state index in [1.54, 1.807) is 0 Å². The summed E-state index contributed by atoms with van der Waals surface area (Å²) >= 11 is 0. The van der Waals surface area contributed by atoms with Gasteiger partial charge in [0.2, 0.25) is 5.91 Å². The van der Waals surface area contributed by atoms with Gasteiger partial charge in [0.1, 0.15) is 5.82 Å². The molecule has 4 aromatic rings. The van der Waals surface area contributed by atoms with Crippen molar-refractivity contribution in [1.82, 2.24) is 9.55 Å². The standard InChI is InChI=1S/C27H28N4O3/c1-2-3-16-30-25(28)24(26(33)29-27(30)34)31(18-19-10-5-4-6-11-19)23(32)17-21-14-9-13-20-12-7-8-15-22(20)21/h4-15H,2-3,16-18,28H2,1H3,(H,29,33,34). The topological polar surface area (TPSA) is 101 Å². The monoisotopic (exact) mass is 456 g/mol. The summed E-state index contributed by atoms with van der Waals surface area (Å²) in [7, 11) is 0. The molecular formula is C27H28N4O3. The average Bonchev–Trinajstić information content (AvgIpc) is 2.84. The van der Waals surface area contributed by atoms with Gasteiger partial charge in [-0.3, -0.25) is 24.0 Å². The van der Waals surface area contributed by atoms with Gasteiger partial charge in [-0.25, -0.2) is 4.79 Å². The van der Waals surface area contributed by atoms with Crippen molar-refractivity contribution in [2.24, 2.45) is 0 Å². The molecule has 34 heavy (non-hydrogen) atoms. The van der Waals surface area contributed by atoms with Crippen LogP contribution in [0.2, 0.25) is 0 Å². The quantitative estimate of drug-likeness (QED) is 0.420. The predicted molar refractivity (Wildman–Crippen MR) is 136 cm³/mol. The number of amides is 1. The van der Waals surface area contributed by atoms with Gasteiger partial charge < -0.3 is 5.73 Å². The molecule has 0 aliphatic rings. The van der Waals surface area contributed by atoms with Crippen LogP contribution in [0.5, 0.6) is 0 Å². The zero-order chi connectivity index (χ0) is 24.1. The Bertz CT molecular complexity index is 1420. The Kier molecular flexibility index (Phi) is 6.92. The fourth-order valence-electron chi connectivity index (χ4n) is 4.14. The molecule has 0 spiro atoms. The van der Waals surface area contributed by atoms with Crippen molar-refractivity contribution in [2.45, 2.75) is 39.3 Å². The summed E-state index contributed by atoms with van der Waals surface area (Å²) in [5, 5.41) is 2.01. The van der Waals surface area contributed by atoms with Gasteiger partial charge in [-0.05, 0) is 28.3 Å². The van der Waals surface area contributed by atoms with Gasteiger partial charge in [0.05, 0.1) is 13.0 Å². The number of aromatic nitrogens is 2. The van der Waals surface area contributed by atoms with Crippen LogP contribution in [0.15, 0.2) is 82.4 Å². The van der Waals surface area contributed by atoms with Crippen molar-refractivity contribution < 1.29 is 4.79 Å². The average molecular weight is 457 g/mol. The number of unbranched alkanes of at least 4 members (excludes halogenated alkanes) is 1. The van der Waals surface area contributed by atoms with Crippen molar-refractivity contribution in [2.75, 3.05) is 10.6 Å². The highest BCUT2D eigenvalue weighted by atomic mass is 16.2. The molecule has 0 radical (unpaired) electrons. The van der Waals surface area contributed by atoms with Gasteiger partial charge in [-0.1, -0.05) is 86.1 Å². The summed E-state index contributed by atoms with van der Waals surface area (Å²) in [6.45, 7) is 2.52. The summed E-state index contributed by atoms with van der Waals surface area (Å²) in [5.41, 5.74) is 6.82. The van der Waals surface area contributed by atoms with Crippen LogP contribution in [0.1, 0.15) is 30.9 Å². The number of carbonyl (C=O) groups excluding carboxylic acids is 1. The van der Waals surface area contributed by atoms with Crippen LogP contribution in [-0.2, 0) is 24.3 Å². The number of nitrogen functional groups attached to an aromatic ring is 1. The van der Waals surface area contributed by atoms with E-state index < -0.39 is 11.2 Å². The lowest BCUT2D eigenvalue weighted by Gasteiger charge is -2.25. The fourth-order valence-corrected chi connectivity index (χ4v) is 4.14. The fraction of sp³-hybridized carbons (Fsp3) is 0.222. The minimum Gasteiger partial charge on any atom is -0.383 e. The van der Waals surface area contributed by atoms with Crippen LogP contribution in [0.25, 0.3) is 10.8 Å². The van der Waals surface area contributed by atoms with Crippen molar-refractivity contribution in [1.29, 1.82) is 0 Å². The van der Waals surface area contributed by atoms with E-state index in [-0.39, 0.29) is 30.4 Å². The van der Waals surface area contributed by atoms with Crippen molar-refractivity contribution in [3.63, 3.8) is 0 Å². The Morgan fingerprint density at radius 2 is 1.68 bits per heavy atom. The number of nitrogens with one attached hydrogen (secondary N) is 1. The van der Waals surface area contributed by atoms with Gasteiger partial charge in [-0.2, -0.15) is 0 Å². The molecule has 0 bridgehead atoms. The molecule has 0 atom stereocenters. The van der Waals surface area contributed by atoms with E-state index in [0.29, 0.717) is 6.54 Å². The summed E-state index contributed by atoms with van der Waals surface area (Å²) < 4.78 is 1.34. The molecule has 0 saturated heterocycles. The van der Waals surface area contributed by atoms with Gasteiger partial charge in [-0.15, -0.1) is 0 Å². The van der Waals surface area contributed by atoms with Crippen LogP contribution in [0.3, 0.4) is 0 Å². The molecule has 174 valence electrons. The number of aromatic amines is 1. The van der Waals surface area contributed by atoms with Gasteiger partial charge in [0, 0.05) is 6.54 Å². The van der Waals surface area contributed by atoms with E-state index in [1.165, 1.54) is 9.47 Å². The highest BCUT2D eigenvalue weighted by Crippen LogP contribution is 2.24. The van der Waals surface area contributed by atoms with E-state index in [2.05, 4.69) is 4.98 Å². The first-order valence-corrected chi connectivity index (χ1v) is 11.4. The minimum absolute atomic E-state index is 0.00407. The summed E-state index contributed by atoms with van der Waals surface area (Å²) in [5.74, 6) is -0.275. The normalized spacial score (nSPS) is 11.0. The first-order chi connectivity index (χ1) is 16.5. The number of benzene rings is 3. The second-order valence-corrected chi connectivity index (χ2v) is 8.28. The van der Waals surface area contributed by atoms with Crippen molar-refractivity contribution in [3.05, 3.63) is 105 Å². The molecule has 1 heterocycles. The SMILES string of the molecule is CCCCn1c(N)c(N(Cc2ccccc2)C(=O)Cc2cccc3ccccc23)c(=O)[nH]c1=O. The maximum atomic E-state index is 13.7. The largest absolute Gasteiger partial charge is 0.383 e. The third kappa shape index (κ3) is 4.78. The number of fused-ring (bicyclic) bond motifs is 1. The van der Waals surface area contributed by atoms with Gasteiger partial charge in [0.15, 0.2) is 5.69 Å². The summed E-state index contributed by atoms with van der Waals surface area (Å²) in [6.07, 6.45) is 1.66. The molecule has 0 aliphatic carbocycles. The lowest BCUT2D eigenvalue weighted by atomic mass is 10.0. The van der Waals surface area contributed by atoms with Crippen molar-refractivity contribution >= 4 is 28.2 Å². The molecule has 7 heteroatoms. The second-order valence-electron chi connectivity index (χ2n) is 8.28. The predicted octanol–water partition coefficient (Wildman–Crippen LogP) is 3.85. The molecule has 1 aromatic heterocycles. The molecule has 3 aromatic carbocycles. The number of H-pyrrole nitrogens is 1. The number of carbonyl (C=O) groups is 1. The van der Waals surface area contributed by atoms with Crippen LogP contribution in [-0.4, -0.2) is 15.5 Å². The second kappa shape index (κ2) is 10.2. The number of hydrogen-bond donors (Lipinski definition) is 2. The van der Waals surface area contributed by atoms with Crippen molar-refractivity contribution in [3.8, 4) is 0 Å². The minimum atomic E-state index is -0.669. The number of rotatable bonds is 8. The molecular weight excluding hydrogens is 428 g/mol. The Morgan fingerprint density at radius 3 is 2.44 bits per heavy atom. The number of nitrogens with two attached hydrogens (primary N) is 1.